The number of nitrogens with one attached hydrogen (secondary N) is 1. The Hall–Kier alpha value is -3.00. The molecular formula is C23H27N7O. The lowest BCUT2D eigenvalue weighted by Crippen LogP contribution is -2.47. The molecular weight excluding hydrogens is 390 g/mol. The van der Waals surface area contributed by atoms with Crippen molar-refractivity contribution in [3.05, 3.63) is 42.9 Å². The van der Waals surface area contributed by atoms with Crippen molar-refractivity contribution in [2.24, 2.45) is 5.41 Å². The van der Waals surface area contributed by atoms with E-state index >= 15 is 0 Å². The quantitative estimate of drug-likeness (QED) is 0.694. The van der Waals surface area contributed by atoms with Crippen LogP contribution in [0.4, 0.5) is 17.6 Å². The Morgan fingerprint density at radius 2 is 1.77 bits per heavy atom. The Balaban J connectivity index is 1.22. The minimum Gasteiger partial charge on any atom is -0.378 e. The third-order valence-corrected chi connectivity index (χ3v) is 6.90. The van der Waals surface area contributed by atoms with Gasteiger partial charge in [-0.3, -0.25) is 4.98 Å². The summed E-state index contributed by atoms with van der Waals surface area (Å²) in [6.45, 7) is 5.35. The molecule has 1 spiro atoms. The van der Waals surface area contributed by atoms with Gasteiger partial charge in [-0.25, -0.2) is 15.0 Å². The van der Waals surface area contributed by atoms with Crippen molar-refractivity contribution < 1.29 is 4.74 Å². The van der Waals surface area contributed by atoms with Crippen molar-refractivity contribution in [2.45, 2.75) is 25.3 Å². The van der Waals surface area contributed by atoms with E-state index < -0.39 is 0 Å². The highest BCUT2D eigenvalue weighted by Gasteiger charge is 2.49. The van der Waals surface area contributed by atoms with Crippen molar-refractivity contribution in [3.63, 3.8) is 0 Å². The van der Waals surface area contributed by atoms with Crippen LogP contribution in [0.3, 0.4) is 0 Å². The molecule has 1 saturated carbocycles. The number of ether oxygens (including phenoxy) is 1. The van der Waals surface area contributed by atoms with Crippen LogP contribution in [0.2, 0.25) is 0 Å². The fourth-order valence-corrected chi connectivity index (χ4v) is 5.33. The van der Waals surface area contributed by atoms with Gasteiger partial charge in [0.2, 0.25) is 5.95 Å². The zero-order chi connectivity index (χ0) is 20.7. The summed E-state index contributed by atoms with van der Waals surface area (Å²) in [5.74, 6) is 2.82. The van der Waals surface area contributed by atoms with Gasteiger partial charge in [-0.05, 0) is 42.9 Å². The highest BCUT2D eigenvalue weighted by molar-refractivity contribution is 5.91. The van der Waals surface area contributed by atoms with E-state index in [1.165, 1.54) is 6.42 Å². The molecule has 2 aliphatic heterocycles. The van der Waals surface area contributed by atoms with Crippen molar-refractivity contribution in [2.75, 3.05) is 54.5 Å². The first-order chi connectivity index (χ1) is 15.3. The van der Waals surface area contributed by atoms with Crippen LogP contribution < -0.4 is 15.1 Å². The summed E-state index contributed by atoms with van der Waals surface area (Å²) in [6.07, 6.45) is 8.95. The van der Waals surface area contributed by atoms with E-state index in [0.29, 0.717) is 11.5 Å². The van der Waals surface area contributed by atoms with Crippen LogP contribution in [0.15, 0.2) is 42.9 Å². The predicted octanol–water partition coefficient (Wildman–Crippen LogP) is 2.73. The zero-order valence-corrected chi connectivity index (χ0v) is 17.6. The normalized spacial score (nSPS) is 25.7. The lowest BCUT2D eigenvalue weighted by atomic mass is 9.65. The summed E-state index contributed by atoms with van der Waals surface area (Å²) in [5, 5.41) is 4.62. The third-order valence-electron chi connectivity index (χ3n) is 6.90. The lowest BCUT2D eigenvalue weighted by molar-refractivity contribution is 0.122. The van der Waals surface area contributed by atoms with Crippen molar-refractivity contribution >= 4 is 28.5 Å². The van der Waals surface area contributed by atoms with Gasteiger partial charge >= 0.3 is 0 Å². The maximum Gasteiger partial charge on any atom is 0.222 e. The first-order valence-corrected chi connectivity index (χ1v) is 11.2. The second-order valence-electron chi connectivity index (χ2n) is 8.97. The van der Waals surface area contributed by atoms with Crippen LogP contribution in [0.5, 0.6) is 0 Å². The molecule has 3 aliphatic rings. The highest BCUT2D eigenvalue weighted by atomic mass is 16.5. The van der Waals surface area contributed by atoms with Crippen LogP contribution >= 0.6 is 0 Å². The maximum absolute atomic E-state index is 5.53. The van der Waals surface area contributed by atoms with Gasteiger partial charge < -0.3 is 19.9 Å². The van der Waals surface area contributed by atoms with Crippen molar-refractivity contribution in [1.29, 1.82) is 0 Å². The smallest absolute Gasteiger partial charge is 0.222 e. The van der Waals surface area contributed by atoms with Gasteiger partial charge in [0.25, 0.3) is 0 Å². The minimum atomic E-state index is 0.359. The molecule has 0 unspecified atom stereocenters. The Bertz CT molecular complexity index is 1060. The summed E-state index contributed by atoms with van der Waals surface area (Å²) < 4.78 is 5.53. The molecule has 1 N–H and O–H groups in total. The van der Waals surface area contributed by atoms with Gasteiger partial charge in [0, 0.05) is 62.3 Å². The molecule has 3 fully saturated rings. The second-order valence-corrected chi connectivity index (χ2v) is 8.97. The van der Waals surface area contributed by atoms with Gasteiger partial charge in [0.1, 0.15) is 11.6 Å². The van der Waals surface area contributed by atoms with Crippen LogP contribution in [0.1, 0.15) is 19.3 Å². The third kappa shape index (κ3) is 3.54. The fourth-order valence-electron chi connectivity index (χ4n) is 5.33. The summed E-state index contributed by atoms with van der Waals surface area (Å²) >= 11 is 0. The minimum absolute atomic E-state index is 0.359. The van der Waals surface area contributed by atoms with Crippen LogP contribution in [0, 0.1) is 5.41 Å². The van der Waals surface area contributed by atoms with Gasteiger partial charge in [-0.2, -0.15) is 0 Å². The van der Waals surface area contributed by atoms with E-state index in [9.17, 15) is 0 Å². The SMILES string of the molecule is c1cnc(NC2CC3(CCN(c4nc(N5CCOCC5)cc5ncccc45)C3)C2)nc1. The van der Waals surface area contributed by atoms with Crippen LogP contribution in [0.25, 0.3) is 10.9 Å². The molecule has 8 nitrogen and oxygen atoms in total. The molecule has 3 aromatic rings. The number of aromatic nitrogens is 4. The first-order valence-electron chi connectivity index (χ1n) is 11.2. The predicted molar refractivity (Wildman–Crippen MR) is 121 cm³/mol. The Morgan fingerprint density at radius 1 is 0.968 bits per heavy atom. The van der Waals surface area contributed by atoms with Gasteiger partial charge in [-0.1, -0.05) is 0 Å². The number of fused-ring (bicyclic) bond motifs is 1. The van der Waals surface area contributed by atoms with Gasteiger partial charge in [-0.15, -0.1) is 0 Å². The number of anilines is 3. The van der Waals surface area contributed by atoms with E-state index in [2.05, 4.69) is 42.2 Å². The second kappa shape index (κ2) is 7.60. The number of morpholine rings is 1. The fraction of sp³-hybridized carbons (Fsp3) is 0.478. The monoisotopic (exact) mass is 417 g/mol. The lowest BCUT2D eigenvalue weighted by Gasteiger charge is -2.45. The van der Waals surface area contributed by atoms with Crippen LogP contribution in [-0.2, 0) is 4.74 Å². The van der Waals surface area contributed by atoms with E-state index in [0.717, 1.165) is 80.7 Å². The van der Waals surface area contributed by atoms with E-state index in [4.69, 9.17) is 9.72 Å². The summed E-state index contributed by atoms with van der Waals surface area (Å²) in [4.78, 5) is 23.2. The Labute approximate surface area is 181 Å². The number of pyridine rings is 2. The van der Waals surface area contributed by atoms with Crippen molar-refractivity contribution in [3.8, 4) is 0 Å². The number of rotatable bonds is 4. The van der Waals surface area contributed by atoms with Gasteiger partial charge in [0.15, 0.2) is 0 Å². The average molecular weight is 418 g/mol. The molecule has 160 valence electrons. The Morgan fingerprint density at radius 3 is 2.61 bits per heavy atom. The molecule has 0 radical (unpaired) electrons. The molecule has 6 rings (SSSR count). The zero-order valence-electron chi connectivity index (χ0n) is 17.6. The molecule has 0 bridgehead atoms. The standard InChI is InChI=1S/C23H27N7O/c1-3-18-19(24-5-1)13-20(29-9-11-31-12-10-29)28-21(18)30-8-4-23(16-30)14-17(15-23)27-22-25-6-2-7-26-22/h1-3,5-7,13,17H,4,8-12,14-16H2,(H,25,26,27). The van der Waals surface area contributed by atoms with Crippen molar-refractivity contribution in [1.82, 2.24) is 19.9 Å². The highest BCUT2D eigenvalue weighted by Crippen LogP contribution is 2.50. The summed E-state index contributed by atoms with van der Waals surface area (Å²) in [6, 6.07) is 8.58. The Kier molecular flexibility index (Phi) is 4.60. The molecule has 1 aliphatic carbocycles. The molecule has 8 heteroatoms. The first kappa shape index (κ1) is 18.7. The molecule has 0 aromatic carbocycles. The molecule has 0 amide bonds. The van der Waals surface area contributed by atoms with E-state index in [1.54, 1.807) is 12.4 Å². The molecule has 3 aromatic heterocycles. The number of nitrogens with zero attached hydrogens (tertiary/aromatic N) is 6. The maximum atomic E-state index is 5.53. The van der Waals surface area contributed by atoms with E-state index in [-0.39, 0.29) is 0 Å². The topological polar surface area (TPSA) is 79.3 Å². The largest absolute Gasteiger partial charge is 0.378 e. The van der Waals surface area contributed by atoms with Crippen LogP contribution in [-0.4, -0.2) is 65.4 Å². The molecule has 0 atom stereocenters. The molecule has 5 heterocycles. The molecule has 2 saturated heterocycles. The number of hydrogen-bond donors (Lipinski definition) is 1. The molecule has 31 heavy (non-hydrogen) atoms. The average Bonchev–Trinajstić information content (AvgIpc) is 3.25. The van der Waals surface area contributed by atoms with E-state index in [1.807, 2.05) is 18.3 Å². The summed E-state index contributed by atoms with van der Waals surface area (Å²) in [5.41, 5.74) is 1.38. The number of hydrogen-bond acceptors (Lipinski definition) is 8. The van der Waals surface area contributed by atoms with Gasteiger partial charge in [0.05, 0.1) is 18.7 Å². The summed E-state index contributed by atoms with van der Waals surface area (Å²) in [7, 11) is 0.